The summed E-state index contributed by atoms with van der Waals surface area (Å²) in [5, 5.41) is 17.1. The summed E-state index contributed by atoms with van der Waals surface area (Å²) in [6.45, 7) is 7.08. The standard InChI is InChI=1S/C27H32N4O4/c1-17(2)13-23-22-10-9-20(15-19(22)11-12-30(23)27(33)34)26(32)28-25-14-18(3)31(29-25)16-21-7-5-6-8-24(21)35-4/h5-10,14-15,17,23H,11-13,16H2,1-4H3,(H,33,34)(H,28,29,32). The number of carboxylic acid groups (broad SMARTS) is 1. The maximum atomic E-state index is 13.0. The van der Waals surface area contributed by atoms with E-state index in [1.54, 1.807) is 13.2 Å². The van der Waals surface area contributed by atoms with Gasteiger partial charge in [0.05, 0.1) is 19.7 Å². The molecule has 0 radical (unpaired) electrons. The highest BCUT2D eigenvalue weighted by atomic mass is 16.5. The fraction of sp³-hybridized carbons (Fsp3) is 0.370. The first kappa shape index (κ1) is 24.3. The lowest BCUT2D eigenvalue weighted by atomic mass is 9.87. The van der Waals surface area contributed by atoms with Gasteiger partial charge in [-0.15, -0.1) is 0 Å². The van der Waals surface area contributed by atoms with Crippen molar-refractivity contribution >= 4 is 17.8 Å². The lowest BCUT2D eigenvalue weighted by molar-refractivity contribution is 0.102. The lowest BCUT2D eigenvalue weighted by Gasteiger charge is -2.36. The Morgan fingerprint density at radius 3 is 2.69 bits per heavy atom. The highest BCUT2D eigenvalue weighted by Gasteiger charge is 2.31. The summed E-state index contributed by atoms with van der Waals surface area (Å²) in [5.74, 6) is 1.38. The molecule has 4 rings (SSSR count). The molecule has 184 valence electrons. The van der Waals surface area contributed by atoms with Gasteiger partial charge in [0.25, 0.3) is 5.91 Å². The van der Waals surface area contributed by atoms with Crippen molar-refractivity contribution in [2.24, 2.45) is 5.92 Å². The van der Waals surface area contributed by atoms with Crippen LogP contribution in [-0.2, 0) is 13.0 Å². The SMILES string of the molecule is COc1ccccc1Cn1nc(NC(=O)c2ccc3c(c2)CCN(C(=O)O)C3CC(C)C)cc1C. The number of aromatic nitrogens is 2. The number of nitrogens with zero attached hydrogens (tertiary/aromatic N) is 3. The van der Waals surface area contributed by atoms with Gasteiger partial charge in [0.1, 0.15) is 5.75 Å². The monoisotopic (exact) mass is 476 g/mol. The van der Waals surface area contributed by atoms with Crippen molar-refractivity contribution in [1.82, 2.24) is 14.7 Å². The second-order valence-corrected chi connectivity index (χ2v) is 9.38. The van der Waals surface area contributed by atoms with Crippen molar-refractivity contribution in [1.29, 1.82) is 0 Å². The van der Waals surface area contributed by atoms with E-state index in [0.29, 0.717) is 36.8 Å². The summed E-state index contributed by atoms with van der Waals surface area (Å²) in [5.41, 5.74) is 4.47. The summed E-state index contributed by atoms with van der Waals surface area (Å²) in [6, 6.07) is 15.0. The van der Waals surface area contributed by atoms with E-state index < -0.39 is 6.09 Å². The number of hydrogen-bond acceptors (Lipinski definition) is 4. The predicted octanol–water partition coefficient (Wildman–Crippen LogP) is 5.12. The Morgan fingerprint density at radius 2 is 1.97 bits per heavy atom. The highest BCUT2D eigenvalue weighted by Crippen LogP contribution is 2.35. The molecular formula is C27H32N4O4. The van der Waals surface area contributed by atoms with E-state index in [9.17, 15) is 14.7 Å². The second-order valence-electron chi connectivity index (χ2n) is 9.38. The van der Waals surface area contributed by atoms with Crippen LogP contribution in [0.4, 0.5) is 10.6 Å². The van der Waals surface area contributed by atoms with Crippen molar-refractivity contribution in [2.45, 2.75) is 46.2 Å². The molecule has 2 amide bonds. The van der Waals surface area contributed by atoms with Crippen LogP contribution in [0.15, 0.2) is 48.5 Å². The molecule has 1 aromatic heterocycles. The van der Waals surface area contributed by atoms with Crippen LogP contribution in [0.1, 0.15) is 59.1 Å². The van der Waals surface area contributed by atoms with Crippen LogP contribution in [0.3, 0.4) is 0 Å². The third-order valence-electron chi connectivity index (χ3n) is 6.44. The number of aryl methyl sites for hydroxylation is 1. The molecule has 8 nitrogen and oxygen atoms in total. The van der Waals surface area contributed by atoms with Crippen molar-refractivity contribution < 1.29 is 19.4 Å². The number of hydrogen-bond donors (Lipinski definition) is 2. The average Bonchev–Trinajstić information content (AvgIpc) is 3.16. The first-order valence-electron chi connectivity index (χ1n) is 11.9. The molecule has 3 aromatic rings. The minimum absolute atomic E-state index is 0.193. The van der Waals surface area contributed by atoms with Gasteiger partial charge < -0.3 is 20.1 Å². The smallest absolute Gasteiger partial charge is 0.407 e. The molecule has 35 heavy (non-hydrogen) atoms. The van der Waals surface area contributed by atoms with Crippen LogP contribution in [0.2, 0.25) is 0 Å². The Morgan fingerprint density at radius 1 is 1.20 bits per heavy atom. The van der Waals surface area contributed by atoms with Crippen molar-refractivity contribution in [3.05, 3.63) is 76.5 Å². The van der Waals surface area contributed by atoms with Crippen LogP contribution in [-0.4, -0.2) is 45.4 Å². The van der Waals surface area contributed by atoms with Crippen LogP contribution >= 0.6 is 0 Å². The van der Waals surface area contributed by atoms with Gasteiger partial charge in [-0.25, -0.2) is 4.79 Å². The molecule has 0 aliphatic carbocycles. The maximum absolute atomic E-state index is 13.0. The van der Waals surface area contributed by atoms with Gasteiger partial charge >= 0.3 is 6.09 Å². The number of fused-ring (bicyclic) bond motifs is 1. The number of anilines is 1. The Balaban J connectivity index is 1.51. The molecule has 2 heterocycles. The topological polar surface area (TPSA) is 96.7 Å². The van der Waals surface area contributed by atoms with E-state index in [1.165, 1.54) is 4.90 Å². The minimum Gasteiger partial charge on any atom is -0.496 e. The van der Waals surface area contributed by atoms with E-state index in [-0.39, 0.29) is 11.9 Å². The number of rotatable bonds is 7. The highest BCUT2D eigenvalue weighted by molar-refractivity contribution is 6.04. The quantitative estimate of drug-likeness (QED) is 0.493. The third-order valence-corrected chi connectivity index (χ3v) is 6.44. The zero-order valence-corrected chi connectivity index (χ0v) is 20.6. The number of methoxy groups -OCH3 is 1. The average molecular weight is 477 g/mol. The predicted molar refractivity (Wildman–Crippen MR) is 134 cm³/mol. The van der Waals surface area contributed by atoms with Crippen LogP contribution in [0.5, 0.6) is 5.75 Å². The van der Waals surface area contributed by atoms with E-state index >= 15 is 0 Å². The van der Waals surface area contributed by atoms with Gasteiger partial charge in [0.2, 0.25) is 0 Å². The van der Waals surface area contributed by atoms with Crippen LogP contribution in [0.25, 0.3) is 0 Å². The summed E-state index contributed by atoms with van der Waals surface area (Å²) >= 11 is 0. The molecule has 2 N–H and O–H groups in total. The number of benzene rings is 2. The molecule has 1 unspecified atom stereocenters. The van der Waals surface area contributed by atoms with Crippen molar-refractivity contribution in [2.75, 3.05) is 19.0 Å². The van der Waals surface area contributed by atoms with Gasteiger partial charge in [-0.2, -0.15) is 5.10 Å². The number of amides is 2. The van der Waals surface area contributed by atoms with Gasteiger partial charge in [-0.1, -0.05) is 38.1 Å². The van der Waals surface area contributed by atoms with E-state index in [2.05, 4.69) is 24.3 Å². The molecule has 0 spiro atoms. The van der Waals surface area contributed by atoms with Gasteiger partial charge in [-0.05, 0) is 55.0 Å². The van der Waals surface area contributed by atoms with Crippen LogP contribution in [0, 0.1) is 12.8 Å². The Kier molecular flexibility index (Phi) is 7.10. The normalized spacial score (nSPS) is 15.1. The number of nitrogens with one attached hydrogen (secondary N) is 1. The largest absolute Gasteiger partial charge is 0.496 e. The molecule has 0 bridgehead atoms. The summed E-state index contributed by atoms with van der Waals surface area (Å²) in [7, 11) is 1.64. The molecule has 0 saturated heterocycles. The maximum Gasteiger partial charge on any atom is 0.407 e. The molecule has 2 aromatic carbocycles. The van der Waals surface area contributed by atoms with E-state index in [4.69, 9.17) is 4.74 Å². The lowest BCUT2D eigenvalue weighted by Crippen LogP contribution is -2.39. The zero-order chi connectivity index (χ0) is 25.1. The number of carbonyl (C=O) groups is 2. The van der Waals surface area contributed by atoms with Gasteiger partial charge in [-0.3, -0.25) is 9.48 Å². The Hall–Kier alpha value is -3.81. The number of para-hydroxylation sites is 1. The first-order chi connectivity index (χ1) is 16.8. The molecular weight excluding hydrogens is 444 g/mol. The van der Waals surface area contributed by atoms with Gasteiger partial charge in [0.15, 0.2) is 5.82 Å². The van der Waals surface area contributed by atoms with Crippen molar-refractivity contribution in [3.63, 3.8) is 0 Å². The van der Waals surface area contributed by atoms with Crippen LogP contribution < -0.4 is 10.1 Å². The fourth-order valence-electron chi connectivity index (χ4n) is 4.70. The summed E-state index contributed by atoms with van der Waals surface area (Å²) in [6.07, 6.45) is 0.430. The third kappa shape index (κ3) is 5.31. The summed E-state index contributed by atoms with van der Waals surface area (Å²) < 4.78 is 7.26. The number of carbonyl (C=O) groups excluding carboxylic acids is 1. The molecule has 0 fully saturated rings. The molecule has 1 atom stereocenters. The van der Waals surface area contributed by atoms with Crippen molar-refractivity contribution in [3.8, 4) is 5.75 Å². The number of ether oxygens (including phenoxy) is 1. The Labute approximate surface area is 205 Å². The summed E-state index contributed by atoms with van der Waals surface area (Å²) in [4.78, 5) is 26.3. The molecule has 0 saturated carbocycles. The van der Waals surface area contributed by atoms with Gasteiger partial charge in [0, 0.05) is 29.4 Å². The molecule has 1 aliphatic rings. The first-order valence-corrected chi connectivity index (χ1v) is 11.9. The minimum atomic E-state index is -0.901. The Bertz CT molecular complexity index is 1230. The zero-order valence-electron chi connectivity index (χ0n) is 20.6. The molecule has 1 aliphatic heterocycles. The second kappa shape index (κ2) is 10.2. The molecule has 8 heteroatoms. The van der Waals surface area contributed by atoms with E-state index in [0.717, 1.165) is 34.6 Å². The van der Waals surface area contributed by atoms with E-state index in [1.807, 2.05) is 54.1 Å². The fourth-order valence-corrected chi connectivity index (χ4v) is 4.70.